The Kier molecular flexibility index (Phi) is 7.70. The molecule has 0 aliphatic heterocycles. The number of sulfonamides is 1. The second-order valence-corrected chi connectivity index (χ2v) is 8.50. The monoisotopic (exact) mass is 408 g/mol. The van der Waals surface area contributed by atoms with Gasteiger partial charge in [0, 0.05) is 10.9 Å². The van der Waals surface area contributed by atoms with Crippen molar-refractivity contribution in [3.63, 3.8) is 0 Å². The van der Waals surface area contributed by atoms with Crippen LogP contribution in [0.3, 0.4) is 0 Å². The van der Waals surface area contributed by atoms with Gasteiger partial charge in [0.25, 0.3) is 5.91 Å². The van der Waals surface area contributed by atoms with Gasteiger partial charge in [-0.15, -0.1) is 11.8 Å². The molecule has 2 aromatic carbocycles. The molecule has 0 saturated carbocycles. The lowest BCUT2D eigenvalue weighted by molar-refractivity contribution is -0.118. The van der Waals surface area contributed by atoms with Gasteiger partial charge in [-0.1, -0.05) is 19.1 Å². The van der Waals surface area contributed by atoms with Crippen LogP contribution in [0.15, 0.2) is 58.3 Å². The molecular weight excluding hydrogens is 384 g/mol. The summed E-state index contributed by atoms with van der Waals surface area (Å²) in [6.07, 6.45) is 2.64. The fourth-order valence-electron chi connectivity index (χ4n) is 2.21. The molecule has 2 aromatic rings. The van der Waals surface area contributed by atoms with Crippen LogP contribution in [0.1, 0.15) is 20.3 Å². The minimum Gasteiger partial charge on any atom is -0.484 e. The van der Waals surface area contributed by atoms with Crippen molar-refractivity contribution in [2.45, 2.75) is 36.1 Å². The van der Waals surface area contributed by atoms with Gasteiger partial charge in [0.05, 0.1) is 10.6 Å². The second-order valence-electron chi connectivity index (χ2n) is 5.94. The Morgan fingerprint density at radius 2 is 1.81 bits per heavy atom. The molecule has 0 aliphatic rings. The first-order valence-electron chi connectivity index (χ1n) is 8.53. The zero-order valence-corrected chi connectivity index (χ0v) is 17.2. The molecule has 1 amide bonds. The minimum atomic E-state index is -3.56. The summed E-state index contributed by atoms with van der Waals surface area (Å²) in [7, 11) is -3.56. The lowest BCUT2D eigenvalue weighted by Gasteiger charge is -2.13. The smallest absolute Gasteiger partial charge is 0.262 e. The number of hydrogen-bond donors (Lipinski definition) is 2. The van der Waals surface area contributed by atoms with E-state index in [1.807, 2.05) is 44.4 Å². The normalized spacial score (nSPS) is 12.4. The van der Waals surface area contributed by atoms with Crippen molar-refractivity contribution in [1.29, 1.82) is 0 Å². The predicted molar refractivity (Wildman–Crippen MR) is 109 cm³/mol. The highest BCUT2D eigenvalue weighted by atomic mass is 32.2. The van der Waals surface area contributed by atoms with Crippen molar-refractivity contribution in [1.82, 2.24) is 4.72 Å². The Labute approximate surface area is 164 Å². The number of ether oxygens (including phenoxy) is 1. The molecule has 0 saturated heterocycles. The number of para-hydroxylation sites is 1. The van der Waals surface area contributed by atoms with Crippen LogP contribution in [-0.2, 0) is 14.8 Å². The first-order valence-corrected chi connectivity index (χ1v) is 11.2. The molecule has 1 atom stereocenters. The number of carbonyl (C=O) groups is 1. The van der Waals surface area contributed by atoms with E-state index in [1.165, 1.54) is 24.3 Å². The standard InChI is InChI=1S/C19H24N2O4S2/c1-4-14(2)21-27(23,24)16-11-9-15(10-12-16)25-13-19(22)20-17-7-5-6-8-18(17)26-3/h5-12,14,21H,4,13H2,1-3H3,(H,20,22). The number of carbonyl (C=O) groups excluding carboxylic acids is 1. The zero-order chi connectivity index (χ0) is 19.9. The summed E-state index contributed by atoms with van der Waals surface area (Å²) in [5.74, 6) is 0.137. The predicted octanol–water partition coefficient (Wildman–Crippen LogP) is 3.50. The van der Waals surface area contributed by atoms with Crippen molar-refractivity contribution in [3.8, 4) is 5.75 Å². The molecule has 0 aromatic heterocycles. The third-order valence-electron chi connectivity index (χ3n) is 3.85. The fraction of sp³-hybridized carbons (Fsp3) is 0.316. The average Bonchev–Trinajstić information content (AvgIpc) is 2.66. The summed E-state index contributed by atoms with van der Waals surface area (Å²) in [6.45, 7) is 3.55. The molecular formula is C19H24N2O4S2. The Balaban J connectivity index is 1.94. The number of hydrogen-bond acceptors (Lipinski definition) is 5. The number of anilines is 1. The van der Waals surface area contributed by atoms with Crippen molar-refractivity contribution in [2.24, 2.45) is 0 Å². The van der Waals surface area contributed by atoms with E-state index in [0.29, 0.717) is 12.2 Å². The average molecular weight is 409 g/mol. The highest BCUT2D eigenvalue weighted by Crippen LogP contribution is 2.24. The van der Waals surface area contributed by atoms with Gasteiger partial charge in [0.2, 0.25) is 10.0 Å². The molecule has 146 valence electrons. The van der Waals surface area contributed by atoms with Crippen molar-refractivity contribution in [2.75, 3.05) is 18.2 Å². The summed E-state index contributed by atoms with van der Waals surface area (Å²) < 4.78 is 32.5. The van der Waals surface area contributed by atoms with Gasteiger partial charge in [-0.05, 0) is 56.0 Å². The van der Waals surface area contributed by atoms with Crippen LogP contribution in [0, 0.1) is 0 Å². The van der Waals surface area contributed by atoms with Gasteiger partial charge in [-0.3, -0.25) is 4.79 Å². The first kappa shape index (κ1) is 21.3. The summed E-state index contributed by atoms with van der Waals surface area (Å²) in [5, 5.41) is 2.80. The van der Waals surface area contributed by atoms with Crippen LogP contribution in [0.5, 0.6) is 5.75 Å². The third kappa shape index (κ3) is 6.27. The van der Waals surface area contributed by atoms with Crippen molar-refractivity contribution < 1.29 is 17.9 Å². The number of amides is 1. The van der Waals surface area contributed by atoms with Gasteiger partial charge in [-0.2, -0.15) is 0 Å². The maximum absolute atomic E-state index is 12.2. The van der Waals surface area contributed by atoms with Gasteiger partial charge in [0.15, 0.2) is 6.61 Å². The van der Waals surface area contributed by atoms with Crippen LogP contribution < -0.4 is 14.8 Å². The van der Waals surface area contributed by atoms with Gasteiger partial charge in [-0.25, -0.2) is 13.1 Å². The number of nitrogens with one attached hydrogen (secondary N) is 2. The van der Waals surface area contributed by atoms with Crippen molar-refractivity contribution >= 4 is 33.4 Å². The highest BCUT2D eigenvalue weighted by molar-refractivity contribution is 7.98. The van der Waals surface area contributed by atoms with Crippen LogP contribution >= 0.6 is 11.8 Å². The Morgan fingerprint density at radius 3 is 2.44 bits per heavy atom. The minimum absolute atomic E-state index is 0.140. The summed E-state index contributed by atoms with van der Waals surface area (Å²) in [4.78, 5) is 13.2. The molecule has 8 heteroatoms. The van der Waals surface area contributed by atoms with Crippen LogP contribution in [-0.4, -0.2) is 33.2 Å². The third-order valence-corrected chi connectivity index (χ3v) is 6.25. The van der Waals surface area contributed by atoms with E-state index >= 15 is 0 Å². The van der Waals surface area contributed by atoms with E-state index in [2.05, 4.69) is 10.0 Å². The second kappa shape index (κ2) is 9.77. The molecule has 27 heavy (non-hydrogen) atoms. The van der Waals surface area contributed by atoms with Gasteiger partial charge < -0.3 is 10.1 Å². The SMILES string of the molecule is CCC(C)NS(=O)(=O)c1ccc(OCC(=O)Nc2ccccc2SC)cc1. The van der Waals surface area contributed by atoms with E-state index in [4.69, 9.17) is 4.74 Å². The highest BCUT2D eigenvalue weighted by Gasteiger charge is 2.16. The van der Waals surface area contributed by atoms with E-state index in [0.717, 1.165) is 10.6 Å². The lowest BCUT2D eigenvalue weighted by Crippen LogP contribution is -2.31. The zero-order valence-electron chi connectivity index (χ0n) is 15.6. The van der Waals surface area contributed by atoms with Gasteiger partial charge >= 0.3 is 0 Å². The molecule has 0 aliphatic carbocycles. The molecule has 1 unspecified atom stereocenters. The van der Waals surface area contributed by atoms with E-state index < -0.39 is 10.0 Å². The first-order chi connectivity index (χ1) is 12.9. The topological polar surface area (TPSA) is 84.5 Å². The maximum atomic E-state index is 12.2. The summed E-state index contributed by atoms with van der Waals surface area (Å²) >= 11 is 1.54. The molecule has 0 heterocycles. The molecule has 6 nitrogen and oxygen atoms in total. The van der Waals surface area contributed by atoms with E-state index in [-0.39, 0.29) is 23.5 Å². The summed E-state index contributed by atoms with van der Waals surface area (Å²) in [5.41, 5.74) is 0.733. The maximum Gasteiger partial charge on any atom is 0.262 e. The number of rotatable bonds is 9. The quantitative estimate of drug-likeness (QED) is 0.621. The van der Waals surface area contributed by atoms with E-state index in [9.17, 15) is 13.2 Å². The molecule has 0 bridgehead atoms. The van der Waals surface area contributed by atoms with Crippen LogP contribution in [0.4, 0.5) is 5.69 Å². The van der Waals surface area contributed by atoms with Gasteiger partial charge in [0.1, 0.15) is 5.75 Å². The van der Waals surface area contributed by atoms with Crippen molar-refractivity contribution in [3.05, 3.63) is 48.5 Å². The number of thioether (sulfide) groups is 1. The number of benzene rings is 2. The Hall–Kier alpha value is -2.03. The Morgan fingerprint density at radius 1 is 1.15 bits per heavy atom. The molecule has 2 N–H and O–H groups in total. The van der Waals surface area contributed by atoms with E-state index in [1.54, 1.807) is 11.8 Å². The molecule has 0 radical (unpaired) electrons. The molecule has 2 rings (SSSR count). The van der Waals surface area contributed by atoms with Crippen LogP contribution in [0.2, 0.25) is 0 Å². The van der Waals surface area contributed by atoms with Crippen LogP contribution in [0.25, 0.3) is 0 Å². The molecule has 0 spiro atoms. The summed E-state index contributed by atoms with van der Waals surface area (Å²) in [6, 6.07) is 13.4. The largest absolute Gasteiger partial charge is 0.484 e. The fourth-order valence-corrected chi connectivity index (χ4v) is 4.09. The molecule has 0 fully saturated rings. The Bertz CT molecular complexity index is 868. The lowest BCUT2D eigenvalue weighted by atomic mass is 10.3.